The monoisotopic (exact) mass is 262 g/mol. The Balaban J connectivity index is 2.83. The van der Waals surface area contributed by atoms with Gasteiger partial charge in [-0.25, -0.2) is 0 Å². The molecule has 2 atom stereocenters. The normalized spacial score (nSPS) is 13.5. The maximum Gasteiger partial charge on any atom is 0.261 e. The first kappa shape index (κ1) is 15.2. The zero-order chi connectivity index (χ0) is 14.4. The number of carbonyl (C=O) groups excluding carboxylic acids is 1. The lowest BCUT2D eigenvalue weighted by Gasteiger charge is -2.19. The highest BCUT2D eigenvalue weighted by Gasteiger charge is 2.16. The van der Waals surface area contributed by atoms with E-state index in [1.54, 1.807) is 13.0 Å². The Morgan fingerprint density at radius 1 is 1.53 bits per heavy atom. The van der Waals surface area contributed by atoms with Gasteiger partial charge in [0.1, 0.15) is 5.75 Å². The van der Waals surface area contributed by atoms with Crippen molar-refractivity contribution in [1.29, 1.82) is 0 Å². The van der Waals surface area contributed by atoms with Crippen LogP contribution >= 0.6 is 0 Å². The molecule has 19 heavy (non-hydrogen) atoms. The molecule has 0 aliphatic carbocycles. The van der Waals surface area contributed by atoms with Crippen LogP contribution in [0.2, 0.25) is 0 Å². The highest BCUT2D eigenvalue weighted by molar-refractivity contribution is 5.80. The zero-order valence-electron chi connectivity index (χ0n) is 11.8. The minimum absolute atomic E-state index is 0.140. The fourth-order valence-corrected chi connectivity index (χ4v) is 1.68. The molecule has 1 amide bonds. The third-order valence-electron chi connectivity index (χ3n) is 2.75. The van der Waals surface area contributed by atoms with Crippen molar-refractivity contribution in [3.63, 3.8) is 0 Å². The standard InChI is InChI=1S/C15H22N2O2/c1-5-8-17-15(18)12(4)19-14-9-10(2)6-7-13(14)11(3)16/h5-7,9,11-12H,1,8,16H2,2-4H3,(H,17,18)/t11-,12?/m0/s1. The van der Waals surface area contributed by atoms with Crippen molar-refractivity contribution >= 4 is 5.91 Å². The van der Waals surface area contributed by atoms with Gasteiger partial charge in [0.05, 0.1) is 0 Å². The van der Waals surface area contributed by atoms with Crippen molar-refractivity contribution in [2.24, 2.45) is 5.73 Å². The van der Waals surface area contributed by atoms with E-state index < -0.39 is 6.10 Å². The van der Waals surface area contributed by atoms with Gasteiger partial charge in [0.15, 0.2) is 6.10 Å². The van der Waals surface area contributed by atoms with E-state index in [1.165, 1.54) is 0 Å². The van der Waals surface area contributed by atoms with Gasteiger partial charge in [-0.3, -0.25) is 4.79 Å². The van der Waals surface area contributed by atoms with E-state index in [0.717, 1.165) is 11.1 Å². The topological polar surface area (TPSA) is 64.3 Å². The predicted octanol–water partition coefficient (Wildman–Crippen LogP) is 2.08. The summed E-state index contributed by atoms with van der Waals surface area (Å²) in [5.74, 6) is 0.494. The van der Waals surface area contributed by atoms with Crippen LogP contribution in [0.1, 0.15) is 31.0 Å². The van der Waals surface area contributed by atoms with Gasteiger partial charge in [-0.2, -0.15) is 0 Å². The Labute approximate surface area is 114 Å². The molecule has 4 nitrogen and oxygen atoms in total. The molecule has 0 fully saturated rings. The number of amides is 1. The fraction of sp³-hybridized carbons (Fsp3) is 0.400. The van der Waals surface area contributed by atoms with Gasteiger partial charge in [0, 0.05) is 18.2 Å². The molecule has 0 spiro atoms. The third-order valence-corrected chi connectivity index (χ3v) is 2.75. The van der Waals surface area contributed by atoms with E-state index >= 15 is 0 Å². The maximum absolute atomic E-state index is 11.8. The van der Waals surface area contributed by atoms with Gasteiger partial charge >= 0.3 is 0 Å². The Morgan fingerprint density at radius 3 is 2.79 bits per heavy atom. The van der Waals surface area contributed by atoms with Crippen LogP contribution in [-0.4, -0.2) is 18.6 Å². The second kappa shape index (κ2) is 6.95. The van der Waals surface area contributed by atoms with Gasteiger partial charge in [-0.15, -0.1) is 6.58 Å². The summed E-state index contributed by atoms with van der Waals surface area (Å²) >= 11 is 0. The number of benzene rings is 1. The first-order valence-corrected chi connectivity index (χ1v) is 6.37. The third kappa shape index (κ3) is 4.41. The molecule has 1 unspecified atom stereocenters. The van der Waals surface area contributed by atoms with Crippen LogP contribution in [0.5, 0.6) is 5.75 Å². The lowest BCUT2D eigenvalue weighted by atomic mass is 10.1. The molecule has 0 bridgehead atoms. The van der Waals surface area contributed by atoms with E-state index in [2.05, 4.69) is 11.9 Å². The summed E-state index contributed by atoms with van der Waals surface area (Å²) in [4.78, 5) is 11.8. The second-order valence-electron chi connectivity index (χ2n) is 4.62. The Morgan fingerprint density at radius 2 is 2.21 bits per heavy atom. The number of nitrogens with two attached hydrogens (primary N) is 1. The van der Waals surface area contributed by atoms with Crippen LogP contribution in [-0.2, 0) is 4.79 Å². The van der Waals surface area contributed by atoms with Gasteiger partial charge in [-0.05, 0) is 32.4 Å². The van der Waals surface area contributed by atoms with Crippen molar-refractivity contribution in [3.05, 3.63) is 42.0 Å². The highest BCUT2D eigenvalue weighted by Crippen LogP contribution is 2.26. The molecule has 1 rings (SSSR count). The highest BCUT2D eigenvalue weighted by atomic mass is 16.5. The fourth-order valence-electron chi connectivity index (χ4n) is 1.68. The number of carbonyl (C=O) groups is 1. The van der Waals surface area contributed by atoms with Crippen molar-refractivity contribution < 1.29 is 9.53 Å². The summed E-state index contributed by atoms with van der Waals surface area (Å²) in [6.45, 7) is 9.56. The zero-order valence-corrected chi connectivity index (χ0v) is 11.8. The number of aryl methyl sites for hydroxylation is 1. The molecule has 104 valence electrons. The smallest absolute Gasteiger partial charge is 0.261 e. The van der Waals surface area contributed by atoms with Crippen molar-refractivity contribution in [1.82, 2.24) is 5.32 Å². The summed E-state index contributed by atoms with van der Waals surface area (Å²) in [5, 5.41) is 2.70. The molecule has 0 heterocycles. The van der Waals surface area contributed by atoms with E-state index in [-0.39, 0.29) is 11.9 Å². The van der Waals surface area contributed by atoms with E-state index in [1.807, 2.05) is 32.0 Å². The predicted molar refractivity (Wildman–Crippen MR) is 77.1 cm³/mol. The van der Waals surface area contributed by atoms with Crippen LogP contribution < -0.4 is 15.8 Å². The summed E-state index contributed by atoms with van der Waals surface area (Å²) in [6, 6.07) is 5.67. The number of ether oxygens (including phenoxy) is 1. The minimum Gasteiger partial charge on any atom is -0.481 e. The van der Waals surface area contributed by atoms with Crippen LogP contribution in [0, 0.1) is 6.92 Å². The molecule has 4 heteroatoms. The quantitative estimate of drug-likeness (QED) is 0.771. The summed E-state index contributed by atoms with van der Waals surface area (Å²) in [5.41, 5.74) is 7.87. The summed E-state index contributed by atoms with van der Waals surface area (Å²) < 4.78 is 5.72. The molecular formula is C15H22N2O2. The molecule has 0 aliphatic rings. The van der Waals surface area contributed by atoms with Crippen molar-refractivity contribution in [2.45, 2.75) is 32.9 Å². The summed E-state index contributed by atoms with van der Waals surface area (Å²) in [7, 11) is 0. The largest absolute Gasteiger partial charge is 0.481 e. The molecule has 1 aromatic rings. The average Bonchev–Trinajstić information content (AvgIpc) is 2.35. The van der Waals surface area contributed by atoms with Crippen LogP contribution in [0.3, 0.4) is 0 Å². The molecule has 0 aromatic heterocycles. The number of hydrogen-bond donors (Lipinski definition) is 2. The molecule has 0 radical (unpaired) electrons. The van der Waals surface area contributed by atoms with Gasteiger partial charge < -0.3 is 15.8 Å². The first-order chi connectivity index (χ1) is 8.95. The SMILES string of the molecule is C=CCNC(=O)C(C)Oc1cc(C)ccc1[C@H](C)N. The number of rotatable bonds is 6. The van der Waals surface area contributed by atoms with E-state index in [0.29, 0.717) is 12.3 Å². The van der Waals surface area contributed by atoms with Crippen molar-refractivity contribution in [3.8, 4) is 5.75 Å². The Kier molecular flexibility index (Phi) is 5.57. The van der Waals surface area contributed by atoms with E-state index in [4.69, 9.17) is 10.5 Å². The molecule has 3 N–H and O–H groups in total. The molecular weight excluding hydrogens is 240 g/mol. The van der Waals surface area contributed by atoms with Crippen LogP contribution in [0.15, 0.2) is 30.9 Å². The Bertz CT molecular complexity index is 455. The number of nitrogens with one attached hydrogen (secondary N) is 1. The van der Waals surface area contributed by atoms with Crippen LogP contribution in [0.4, 0.5) is 0 Å². The van der Waals surface area contributed by atoms with Gasteiger partial charge in [-0.1, -0.05) is 18.2 Å². The Hall–Kier alpha value is -1.81. The summed E-state index contributed by atoms with van der Waals surface area (Å²) in [6.07, 6.45) is 1.06. The average molecular weight is 262 g/mol. The second-order valence-corrected chi connectivity index (χ2v) is 4.62. The molecule has 0 aliphatic heterocycles. The van der Waals surface area contributed by atoms with Gasteiger partial charge in [0.25, 0.3) is 5.91 Å². The lowest BCUT2D eigenvalue weighted by molar-refractivity contribution is -0.127. The maximum atomic E-state index is 11.8. The van der Waals surface area contributed by atoms with Crippen LogP contribution in [0.25, 0.3) is 0 Å². The minimum atomic E-state index is -0.570. The lowest BCUT2D eigenvalue weighted by Crippen LogP contribution is -2.36. The van der Waals surface area contributed by atoms with Crippen molar-refractivity contribution in [2.75, 3.05) is 6.54 Å². The molecule has 1 aromatic carbocycles. The molecule has 0 saturated carbocycles. The van der Waals surface area contributed by atoms with E-state index in [9.17, 15) is 4.79 Å². The van der Waals surface area contributed by atoms with Gasteiger partial charge in [0.2, 0.25) is 0 Å². The molecule has 0 saturated heterocycles. The number of hydrogen-bond acceptors (Lipinski definition) is 3. The first-order valence-electron chi connectivity index (χ1n) is 6.37.